The van der Waals surface area contributed by atoms with Gasteiger partial charge in [0.25, 0.3) is 0 Å². The van der Waals surface area contributed by atoms with Crippen LogP contribution in [0.1, 0.15) is 38.7 Å². The van der Waals surface area contributed by atoms with Gasteiger partial charge in [-0.15, -0.1) is 0 Å². The van der Waals surface area contributed by atoms with Gasteiger partial charge in [-0.2, -0.15) is 0 Å². The molecule has 1 aliphatic heterocycles. The number of piperidine rings is 1. The average Bonchev–Trinajstić information content (AvgIpc) is 2.55. The van der Waals surface area contributed by atoms with Gasteiger partial charge < -0.3 is 10.2 Å². The maximum atomic E-state index is 13.0. The molecule has 1 amide bonds. The molecule has 1 heterocycles. The van der Waals surface area contributed by atoms with E-state index >= 15 is 0 Å². The zero-order valence-corrected chi connectivity index (χ0v) is 13.4. The predicted molar refractivity (Wildman–Crippen MR) is 87.9 cm³/mol. The molecule has 1 fully saturated rings. The van der Waals surface area contributed by atoms with E-state index in [1.807, 2.05) is 17.9 Å². The minimum Gasteiger partial charge on any atom is -0.336 e. The SMILES string of the molecule is CCCN(C(=O)C(C)=Cc1ccc(F)cc1)C1CCNCC1. The zero-order chi connectivity index (χ0) is 15.9. The van der Waals surface area contributed by atoms with Gasteiger partial charge in [0.2, 0.25) is 5.91 Å². The van der Waals surface area contributed by atoms with Crippen molar-refractivity contribution in [3.8, 4) is 0 Å². The van der Waals surface area contributed by atoms with Gasteiger partial charge in [0.15, 0.2) is 0 Å². The second kappa shape index (κ2) is 8.08. The molecule has 4 heteroatoms. The average molecular weight is 304 g/mol. The third-order valence-electron chi connectivity index (χ3n) is 4.07. The summed E-state index contributed by atoms with van der Waals surface area (Å²) in [5, 5.41) is 3.34. The lowest BCUT2D eigenvalue weighted by atomic mass is 10.0. The van der Waals surface area contributed by atoms with E-state index in [0.717, 1.165) is 44.5 Å². The quantitative estimate of drug-likeness (QED) is 0.847. The number of nitrogens with zero attached hydrogens (tertiary/aromatic N) is 1. The largest absolute Gasteiger partial charge is 0.336 e. The second-order valence-corrected chi connectivity index (χ2v) is 5.86. The van der Waals surface area contributed by atoms with E-state index in [-0.39, 0.29) is 11.7 Å². The number of nitrogens with one attached hydrogen (secondary N) is 1. The van der Waals surface area contributed by atoms with Gasteiger partial charge >= 0.3 is 0 Å². The van der Waals surface area contributed by atoms with Crippen molar-refractivity contribution in [2.75, 3.05) is 19.6 Å². The first-order chi connectivity index (χ1) is 10.6. The number of carbonyl (C=O) groups excluding carboxylic acids is 1. The zero-order valence-electron chi connectivity index (χ0n) is 13.4. The number of hydrogen-bond donors (Lipinski definition) is 1. The highest BCUT2D eigenvalue weighted by atomic mass is 19.1. The first-order valence-electron chi connectivity index (χ1n) is 8.07. The molecule has 120 valence electrons. The summed E-state index contributed by atoms with van der Waals surface area (Å²) in [6.45, 7) is 6.67. The molecule has 0 atom stereocenters. The lowest BCUT2D eigenvalue weighted by molar-refractivity contribution is -0.129. The molecule has 0 spiro atoms. The van der Waals surface area contributed by atoms with Crippen molar-refractivity contribution < 1.29 is 9.18 Å². The van der Waals surface area contributed by atoms with Crippen LogP contribution in [0.25, 0.3) is 6.08 Å². The molecular weight excluding hydrogens is 279 g/mol. The van der Waals surface area contributed by atoms with E-state index < -0.39 is 0 Å². The van der Waals surface area contributed by atoms with Gasteiger partial charge in [-0.05, 0) is 63.0 Å². The molecule has 22 heavy (non-hydrogen) atoms. The van der Waals surface area contributed by atoms with Gasteiger partial charge in [0.1, 0.15) is 5.82 Å². The lowest BCUT2D eigenvalue weighted by Crippen LogP contribution is -2.46. The van der Waals surface area contributed by atoms with E-state index in [1.54, 1.807) is 12.1 Å². The van der Waals surface area contributed by atoms with Crippen LogP contribution in [0.5, 0.6) is 0 Å². The molecule has 0 aliphatic carbocycles. The Labute approximate surface area is 132 Å². The monoisotopic (exact) mass is 304 g/mol. The van der Waals surface area contributed by atoms with Crippen molar-refractivity contribution in [1.82, 2.24) is 10.2 Å². The smallest absolute Gasteiger partial charge is 0.249 e. The number of amides is 1. The van der Waals surface area contributed by atoms with Crippen molar-refractivity contribution in [3.63, 3.8) is 0 Å². The Morgan fingerprint density at radius 2 is 1.95 bits per heavy atom. The fourth-order valence-corrected chi connectivity index (χ4v) is 2.91. The second-order valence-electron chi connectivity index (χ2n) is 5.86. The van der Waals surface area contributed by atoms with Crippen molar-refractivity contribution in [1.29, 1.82) is 0 Å². The number of carbonyl (C=O) groups is 1. The first-order valence-corrected chi connectivity index (χ1v) is 8.07. The summed E-state index contributed by atoms with van der Waals surface area (Å²) in [4.78, 5) is 14.8. The lowest BCUT2D eigenvalue weighted by Gasteiger charge is -2.35. The van der Waals surface area contributed by atoms with Gasteiger partial charge in [0.05, 0.1) is 0 Å². The minimum absolute atomic E-state index is 0.0954. The van der Waals surface area contributed by atoms with Crippen LogP contribution in [0, 0.1) is 5.82 Å². The highest BCUT2D eigenvalue weighted by Crippen LogP contribution is 2.17. The van der Waals surface area contributed by atoms with Crippen LogP contribution in [0.15, 0.2) is 29.8 Å². The fourth-order valence-electron chi connectivity index (χ4n) is 2.91. The molecule has 0 radical (unpaired) electrons. The predicted octanol–water partition coefficient (Wildman–Crippen LogP) is 3.22. The van der Waals surface area contributed by atoms with Crippen molar-refractivity contribution in [2.45, 2.75) is 39.2 Å². The summed E-state index contributed by atoms with van der Waals surface area (Å²) in [7, 11) is 0. The molecular formula is C18H25FN2O. The van der Waals surface area contributed by atoms with E-state index in [0.29, 0.717) is 11.6 Å². The van der Waals surface area contributed by atoms with Crippen molar-refractivity contribution in [2.24, 2.45) is 0 Å². The molecule has 0 unspecified atom stereocenters. The maximum absolute atomic E-state index is 13.0. The number of halogens is 1. The summed E-state index contributed by atoms with van der Waals surface area (Å²) < 4.78 is 13.0. The molecule has 3 nitrogen and oxygen atoms in total. The molecule has 2 rings (SSSR count). The Hall–Kier alpha value is -1.68. The Balaban J connectivity index is 2.12. The number of rotatable bonds is 5. The van der Waals surface area contributed by atoms with Crippen LogP contribution in [0.3, 0.4) is 0 Å². The van der Waals surface area contributed by atoms with Gasteiger partial charge in [-0.1, -0.05) is 19.1 Å². The molecule has 1 aromatic carbocycles. The van der Waals surface area contributed by atoms with E-state index in [1.165, 1.54) is 12.1 Å². The number of hydrogen-bond acceptors (Lipinski definition) is 2. The molecule has 1 saturated heterocycles. The third-order valence-corrected chi connectivity index (χ3v) is 4.07. The molecule has 1 aliphatic rings. The first kappa shape index (κ1) is 16.7. The van der Waals surface area contributed by atoms with Gasteiger partial charge in [-0.25, -0.2) is 4.39 Å². The van der Waals surface area contributed by atoms with Crippen molar-refractivity contribution in [3.05, 3.63) is 41.2 Å². The highest BCUT2D eigenvalue weighted by molar-refractivity contribution is 5.97. The highest BCUT2D eigenvalue weighted by Gasteiger charge is 2.25. The minimum atomic E-state index is -0.261. The van der Waals surface area contributed by atoms with Crippen LogP contribution >= 0.6 is 0 Å². The van der Waals surface area contributed by atoms with Crippen LogP contribution < -0.4 is 5.32 Å². The third kappa shape index (κ3) is 4.41. The van der Waals surface area contributed by atoms with Gasteiger partial charge in [0, 0.05) is 18.2 Å². The van der Waals surface area contributed by atoms with Crippen LogP contribution in [-0.2, 0) is 4.79 Å². The Morgan fingerprint density at radius 3 is 2.55 bits per heavy atom. The Morgan fingerprint density at radius 1 is 1.32 bits per heavy atom. The van der Waals surface area contributed by atoms with Crippen molar-refractivity contribution >= 4 is 12.0 Å². The fraction of sp³-hybridized carbons (Fsp3) is 0.500. The molecule has 1 aromatic rings. The van der Waals surface area contributed by atoms with Gasteiger partial charge in [-0.3, -0.25) is 4.79 Å². The summed E-state index contributed by atoms with van der Waals surface area (Å²) in [5.74, 6) is -0.165. The van der Waals surface area contributed by atoms with E-state index in [2.05, 4.69) is 12.2 Å². The van der Waals surface area contributed by atoms with E-state index in [9.17, 15) is 9.18 Å². The van der Waals surface area contributed by atoms with Crippen LogP contribution in [0.2, 0.25) is 0 Å². The van der Waals surface area contributed by atoms with Crippen LogP contribution in [-0.4, -0.2) is 36.5 Å². The standard InChI is InChI=1S/C18H25FN2O/c1-3-12-21(17-8-10-20-11-9-17)18(22)14(2)13-15-4-6-16(19)7-5-15/h4-7,13,17,20H,3,8-12H2,1-2H3. The number of benzene rings is 1. The molecule has 1 N–H and O–H groups in total. The molecule has 0 bridgehead atoms. The Kier molecular flexibility index (Phi) is 6.13. The van der Waals surface area contributed by atoms with Crippen LogP contribution in [0.4, 0.5) is 4.39 Å². The summed E-state index contributed by atoms with van der Waals surface area (Å²) in [6, 6.07) is 6.55. The van der Waals surface area contributed by atoms with E-state index in [4.69, 9.17) is 0 Å². The summed E-state index contributed by atoms with van der Waals surface area (Å²) in [6.07, 6.45) is 4.82. The summed E-state index contributed by atoms with van der Waals surface area (Å²) in [5.41, 5.74) is 1.56. The topological polar surface area (TPSA) is 32.3 Å². The summed E-state index contributed by atoms with van der Waals surface area (Å²) >= 11 is 0. The Bertz CT molecular complexity index is 518. The maximum Gasteiger partial charge on any atom is 0.249 e. The normalized spacial score (nSPS) is 16.6. The molecule has 0 saturated carbocycles. The molecule has 0 aromatic heterocycles.